The molecule has 4 atom stereocenters. The number of hydrogen-bond donors (Lipinski definition) is 12. The van der Waals surface area contributed by atoms with Gasteiger partial charge in [-0.05, 0) is 96.5 Å². The maximum absolute atomic E-state index is 10.5. The van der Waals surface area contributed by atoms with Crippen molar-refractivity contribution in [3.63, 3.8) is 0 Å². The summed E-state index contributed by atoms with van der Waals surface area (Å²) in [6.07, 6.45) is 0.272. The zero-order valence-corrected chi connectivity index (χ0v) is 40.7. The molecule has 382 valence electrons. The van der Waals surface area contributed by atoms with Crippen molar-refractivity contribution in [2.45, 2.75) is 49.9 Å². The summed E-state index contributed by atoms with van der Waals surface area (Å²) in [4.78, 5) is 110. The molecule has 4 aromatic carbocycles. The first-order valence-electron chi connectivity index (χ1n) is 18.3. The van der Waals surface area contributed by atoms with E-state index in [4.69, 9.17) is 62.1 Å². The van der Waals surface area contributed by atoms with Crippen LogP contribution in [0.4, 0.5) is 0 Å². The third-order valence-electron chi connectivity index (χ3n) is 7.62. The van der Waals surface area contributed by atoms with Crippen molar-refractivity contribution < 1.29 is 136 Å². The fraction of sp³-hybridized carbons (Fsp3) is 0.222. The number of carbonyl (C=O) groups excluding carboxylic acids is 4. The first kappa shape index (κ1) is 64.1. The molecule has 28 nitrogen and oxygen atoms in total. The molecule has 0 bridgehead atoms. The minimum absolute atomic E-state index is 0. The second kappa shape index (κ2) is 29.3. The van der Waals surface area contributed by atoms with Gasteiger partial charge in [0, 0.05) is 24.2 Å². The molecule has 0 unspecified atom stereocenters. The summed E-state index contributed by atoms with van der Waals surface area (Å²) < 4.78 is 59.3. The van der Waals surface area contributed by atoms with E-state index in [0.717, 1.165) is 0 Å². The van der Waals surface area contributed by atoms with Crippen LogP contribution in [-0.2, 0) is 84.2 Å². The number of hydrogen-bond acceptors (Lipinski definition) is 20. The average molecular weight is 1240 g/mol. The Balaban J connectivity index is 0.000000889. The normalized spacial score (nSPS) is 12.9. The number of benzene rings is 4. The Kier molecular flexibility index (Phi) is 27.2. The van der Waals surface area contributed by atoms with Crippen molar-refractivity contribution >= 4 is 55.2 Å². The average Bonchev–Trinajstić information content (AvgIpc) is 3.19. The molecule has 0 aliphatic rings. The van der Waals surface area contributed by atoms with Crippen LogP contribution in [0, 0.1) is 0 Å². The minimum Gasteiger partial charge on any atom is -0.548 e. The second-order valence-electron chi connectivity index (χ2n) is 13.4. The van der Waals surface area contributed by atoms with Crippen molar-refractivity contribution in [3.05, 3.63) is 119 Å². The van der Waals surface area contributed by atoms with Gasteiger partial charge in [-0.3, -0.25) is 39.1 Å². The molecule has 4 rings (SSSR count). The maximum Gasteiger partial charge on any atom is 4.00 e. The van der Waals surface area contributed by atoms with Crippen LogP contribution in [0.3, 0.4) is 0 Å². The molecule has 0 radical (unpaired) electrons. The van der Waals surface area contributed by atoms with E-state index in [1.165, 1.54) is 97.1 Å². The van der Waals surface area contributed by atoms with E-state index in [-0.39, 0.29) is 69.7 Å². The van der Waals surface area contributed by atoms with Gasteiger partial charge in [-0.15, -0.1) is 0 Å². The molecule has 0 saturated heterocycles. The third-order valence-corrected chi connectivity index (χ3v) is 9.42. The van der Waals surface area contributed by atoms with E-state index < -0.39 is 79.3 Å². The monoisotopic (exact) mass is 1240 g/mol. The fourth-order valence-corrected chi connectivity index (χ4v) is 6.23. The van der Waals surface area contributed by atoms with Crippen LogP contribution in [-0.4, -0.2) is 87.2 Å². The summed E-state index contributed by atoms with van der Waals surface area (Å²) in [5.41, 5.74) is 23.5. The number of carbonyl (C=O) groups is 4. The first-order chi connectivity index (χ1) is 31.1. The Hall–Kier alpha value is -4.91. The second-order valence-corrected chi connectivity index (χ2v) is 18.1. The largest absolute Gasteiger partial charge is 4.00 e. The van der Waals surface area contributed by atoms with E-state index in [9.17, 15) is 57.9 Å². The predicted molar refractivity (Wildman–Crippen MR) is 223 cm³/mol. The number of carboxylic acid groups (broad SMARTS) is 4. The van der Waals surface area contributed by atoms with Crippen LogP contribution in [0.25, 0.3) is 0 Å². The van der Waals surface area contributed by atoms with E-state index in [1.807, 2.05) is 0 Å². The van der Waals surface area contributed by atoms with Crippen LogP contribution in [0.15, 0.2) is 97.1 Å². The van der Waals surface area contributed by atoms with Crippen LogP contribution in [0.1, 0.15) is 22.3 Å². The van der Waals surface area contributed by atoms with Gasteiger partial charge in [0.1, 0.15) is 23.0 Å². The molecule has 0 aliphatic heterocycles. The maximum atomic E-state index is 10.5. The van der Waals surface area contributed by atoms with Crippen molar-refractivity contribution in [1.29, 1.82) is 0 Å². The van der Waals surface area contributed by atoms with Crippen molar-refractivity contribution in [2.75, 3.05) is 0 Å². The molecule has 0 heterocycles. The van der Waals surface area contributed by atoms with E-state index in [2.05, 4.69) is 18.1 Å². The van der Waals surface area contributed by atoms with E-state index in [0.29, 0.717) is 22.3 Å². The molecule has 0 saturated carbocycles. The Morgan fingerprint density at radius 2 is 0.493 bits per heavy atom. The number of aliphatic carboxylic acids is 4. The molecule has 0 spiro atoms. The van der Waals surface area contributed by atoms with Crippen molar-refractivity contribution in [1.82, 2.24) is 0 Å². The summed E-state index contributed by atoms with van der Waals surface area (Å²) >= 11 is 0. The van der Waals surface area contributed by atoms with Crippen molar-refractivity contribution in [3.8, 4) is 23.0 Å². The Bertz CT molecular complexity index is 2110. The molecule has 69 heavy (non-hydrogen) atoms. The van der Waals surface area contributed by atoms with Gasteiger partial charge < -0.3 is 80.6 Å². The molecular formula is C36H44N4O24P4Pt. The van der Waals surface area contributed by atoms with Gasteiger partial charge in [0.05, 0.1) is 23.9 Å². The molecule has 0 aromatic heterocycles. The number of rotatable bonds is 20. The van der Waals surface area contributed by atoms with Gasteiger partial charge in [-0.25, -0.2) is 18.3 Å². The van der Waals surface area contributed by atoms with E-state index >= 15 is 0 Å². The number of phosphoric ester groups is 4. The van der Waals surface area contributed by atoms with Crippen LogP contribution in [0.5, 0.6) is 23.0 Å². The Labute approximate surface area is 405 Å². The topological polar surface area (TPSA) is 532 Å². The number of nitrogens with two attached hydrogens (primary N) is 4. The molecule has 4 aromatic rings. The first-order valence-corrected chi connectivity index (χ1v) is 24.5. The van der Waals surface area contributed by atoms with Crippen LogP contribution < -0.4 is 61.5 Å². The van der Waals surface area contributed by atoms with Gasteiger partial charge in [0.25, 0.3) is 0 Å². The molecule has 0 fully saturated rings. The van der Waals surface area contributed by atoms with Crippen LogP contribution >= 0.6 is 31.3 Å². The number of carboxylic acids is 4. The van der Waals surface area contributed by atoms with Crippen LogP contribution in [0.2, 0.25) is 0 Å². The summed E-state index contributed by atoms with van der Waals surface area (Å²) in [7, 11) is -18.3. The summed E-state index contributed by atoms with van der Waals surface area (Å²) in [5, 5.41) is 41.6. The fourth-order valence-electron chi connectivity index (χ4n) is 4.64. The van der Waals surface area contributed by atoms with Gasteiger partial charge in [-0.1, -0.05) is 48.5 Å². The zero-order chi connectivity index (χ0) is 52.2. The smallest absolute Gasteiger partial charge is 0.548 e. The summed E-state index contributed by atoms with van der Waals surface area (Å²) in [6.45, 7) is 0. The summed E-state index contributed by atoms with van der Waals surface area (Å²) in [6, 6.07) is 17.8. The molecule has 16 N–H and O–H groups in total. The molecule has 33 heteroatoms. The molecule has 0 amide bonds. The van der Waals surface area contributed by atoms with Gasteiger partial charge in [0.2, 0.25) is 0 Å². The molecular weight excluding hydrogens is 1190 g/mol. The van der Waals surface area contributed by atoms with Crippen molar-refractivity contribution in [2.24, 2.45) is 22.9 Å². The van der Waals surface area contributed by atoms with E-state index in [1.54, 1.807) is 0 Å². The van der Waals surface area contributed by atoms with Gasteiger partial charge in [0.15, 0.2) is 0 Å². The van der Waals surface area contributed by atoms with Gasteiger partial charge >= 0.3 is 52.4 Å². The standard InChI is InChI=1S/4C9H12NO6P.Pt/c4*10-8(9(11)12)5-6-1-3-7(4-2-6)16-17(13,14)15;/h4*1-4,8H,5,10H2,(H,11,12)(H2,13,14,15);/q;;;;+4/p-4/t4*8-;/m0000./s1. The predicted octanol–water partition coefficient (Wildman–Crippen LogP) is -4.89. The third kappa shape index (κ3) is 31.0. The number of phosphoric acid groups is 4. The quantitative estimate of drug-likeness (QED) is 0.0369. The SMILES string of the molecule is N[C@@H](Cc1ccc(OP(=O)(O)O)cc1)C(=O)[O-].N[C@@H](Cc1ccc(OP(=O)(O)O)cc1)C(=O)[O-].N[C@@H](Cc1ccc(OP(=O)(O)O)cc1)C(=O)[O-].N[C@@H](Cc1ccc(OP(=O)(O)O)cc1)C(=O)[O-].[Pt+4]. The zero-order valence-electron chi connectivity index (χ0n) is 34.9. The minimum atomic E-state index is -4.57. The Morgan fingerprint density at radius 1 is 0.362 bits per heavy atom. The molecule has 0 aliphatic carbocycles. The van der Waals surface area contributed by atoms with Gasteiger partial charge in [-0.2, -0.15) is 0 Å². The Morgan fingerprint density at radius 3 is 0.594 bits per heavy atom. The summed E-state index contributed by atoms with van der Waals surface area (Å²) in [5.74, 6) is -5.48.